The van der Waals surface area contributed by atoms with Crippen molar-refractivity contribution in [3.63, 3.8) is 0 Å². The second-order valence-electron chi connectivity index (χ2n) is 7.87. The first kappa shape index (κ1) is 21.1. The highest BCUT2D eigenvalue weighted by atomic mass is 16.5. The monoisotopic (exact) mass is 456 g/mol. The molecule has 1 amide bonds. The van der Waals surface area contributed by atoms with Gasteiger partial charge in [0.05, 0.1) is 7.11 Å². The number of phenols is 2. The summed E-state index contributed by atoms with van der Waals surface area (Å²) in [5.41, 5.74) is 4.17. The van der Waals surface area contributed by atoms with Gasteiger partial charge in [0.15, 0.2) is 5.76 Å². The fourth-order valence-corrected chi connectivity index (χ4v) is 4.15. The number of hydrogen-bond donors (Lipinski definition) is 3. The molecule has 8 heteroatoms. The van der Waals surface area contributed by atoms with Crippen molar-refractivity contribution < 1.29 is 29.3 Å². The van der Waals surface area contributed by atoms with Gasteiger partial charge in [0, 0.05) is 47.5 Å². The summed E-state index contributed by atoms with van der Waals surface area (Å²) >= 11 is 0. The number of hydrogen-bond acceptors (Lipinski definition) is 6. The summed E-state index contributed by atoms with van der Waals surface area (Å²) in [6, 6.07) is 15.6. The number of amides is 1. The van der Waals surface area contributed by atoms with E-state index in [1.165, 1.54) is 13.2 Å². The van der Waals surface area contributed by atoms with Crippen LogP contribution in [0, 0.1) is 0 Å². The van der Waals surface area contributed by atoms with E-state index < -0.39 is 11.9 Å². The Morgan fingerprint density at radius 3 is 2.62 bits per heavy atom. The minimum absolute atomic E-state index is 0.0261. The molecule has 1 aromatic heterocycles. The van der Waals surface area contributed by atoms with Crippen molar-refractivity contribution in [2.24, 2.45) is 7.05 Å². The summed E-state index contributed by atoms with van der Waals surface area (Å²) in [5, 5.41) is 23.4. The fourth-order valence-electron chi connectivity index (χ4n) is 4.15. The van der Waals surface area contributed by atoms with Gasteiger partial charge in [-0.25, -0.2) is 4.79 Å². The van der Waals surface area contributed by atoms with E-state index in [0.717, 1.165) is 33.7 Å². The van der Waals surface area contributed by atoms with Crippen molar-refractivity contribution in [2.45, 2.75) is 0 Å². The lowest BCUT2D eigenvalue weighted by Gasteiger charge is -2.08. The van der Waals surface area contributed by atoms with Gasteiger partial charge in [-0.05, 0) is 35.4 Å². The zero-order valence-corrected chi connectivity index (χ0v) is 18.3. The van der Waals surface area contributed by atoms with E-state index in [9.17, 15) is 19.8 Å². The number of aromatic hydroxyl groups is 2. The van der Waals surface area contributed by atoms with Gasteiger partial charge in [-0.2, -0.15) is 0 Å². The molecule has 0 bridgehead atoms. The van der Waals surface area contributed by atoms with Crippen LogP contribution in [0.5, 0.6) is 17.2 Å². The lowest BCUT2D eigenvalue weighted by Crippen LogP contribution is -2.10. The van der Waals surface area contributed by atoms with Crippen molar-refractivity contribution in [3.05, 3.63) is 77.7 Å². The van der Waals surface area contributed by atoms with E-state index in [4.69, 9.17) is 4.74 Å². The molecule has 8 nitrogen and oxygen atoms in total. The average molecular weight is 456 g/mol. The Balaban J connectivity index is 1.59. The molecule has 0 saturated carbocycles. The third kappa shape index (κ3) is 3.51. The number of methoxy groups -OCH3 is 1. The van der Waals surface area contributed by atoms with Crippen LogP contribution in [0.4, 0.5) is 10.5 Å². The number of allylic oxidation sites excluding steroid dienone is 1. The van der Waals surface area contributed by atoms with Crippen molar-refractivity contribution in [3.8, 4) is 28.4 Å². The van der Waals surface area contributed by atoms with Crippen LogP contribution in [0.25, 0.3) is 28.1 Å². The van der Waals surface area contributed by atoms with Gasteiger partial charge in [-0.1, -0.05) is 24.3 Å². The molecular formula is C26H20N2O6. The zero-order chi connectivity index (χ0) is 24.0. The summed E-state index contributed by atoms with van der Waals surface area (Å²) in [4.78, 5) is 24.4. The standard InChI is InChI=1S/C26H20N2O6/c1-28-13-15(10-22-25(31)24-20(30)11-17(29)12-21(24)34-22)23-18(4-3-5-19(23)28)14-6-8-16(9-7-14)27-26(32)33-2/h3-13,29-30H,1-2H3,(H,27,32). The molecule has 0 unspecified atom stereocenters. The lowest BCUT2D eigenvalue weighted by molar-refractivity contribution is 0.101. The second-order valence-corrected chi connectivity index (χ2v) is 7.87. The summed E-state index contributed by atoms with van der Waals surface area (Å²) in [7, 11) is 3.21. The van der Waals surface area contributed by atoms with Gasteiger partial charge in [0.25, 0.3) is 0 Å². The number of Topliss-reactive ketones (excluding diaryl/α,β-unsaturated/α-hetero) is 1. The Hall–Kier alpha value is -4.72. The highest BCUT2D eigenvalue weighted by Crippen LogP contribution is 2.41. The number of fused-ring (bicyclic) bond motifs is 2. The number of ether oxygens (including phenoxy) is 2. The lowest BCUT2D eigenvalue weighted by atomic mass is 9.98. The van der Waals surface area contributed by atoms with Gasteiger partial charge in [0.2, 0.25) is 5.78 Å². The van der Waals surface area contributed by atoms with Gasteiger partial charge in [-0.15, -0.1) is 0 Å². The van der Waals surface area contributed by atoms with Crippen LogP contribution in [0.15, 0.2) is 66.6 Å². The van der Waals surface area contributed by atoms with E-state index in [1.54, 1.807) is 18.2 Å². The highest BCUT2D eigenvalue weighted by Gasteiger charge is 2.31. The van der Waals surface area contributed by atoms with Crippen molar-refractivity contribution >= 4 is 34.5 Å². The summed E-state index contributed by atoms with van der Waals surface area (Å²) < 4.78 is 12.3. The Labute approximate surface area is 194 Å². The number of rotatable bonds is 3. The molecule has 0 atom stereocenters. The minimum Gasteiger partial charge on any atom is -0.508 e. The third-order valence-electron chi connectivity index (χ3n) is 5.70. The smallest absolute Gasteiger partial charge is 0.411 e. The van der Waals surface area contributed by atoms with Gasteiger partial charge < -0.3 is 24.3 Å². The Morgan fingerprint density at radius 1 is 1.12 bits per heavy atom. The van der Waals surface area contributed by atoms with E-state index in [0.29, 0.717) is 5.69 Å². The molecule has 1 aliphatic heterocycles. The number of anilines is 1. The van der Waals surface area contributed by atoms with Crippen LogP contribution in [-0.4, -0.2) is 33.8 Å². The molecule has 0 spiro atoms. The van der Waals surface area contributed by atoms with Crippen LogP contribution in [0.1, 0.15) is 15.9 Å². The number of nitrogens with zero attached hydrogens (tertiary/aromatic N) is 1. The number of ketones is 1. The molecule has 5 rings (SSSR count). The molecule has 34 heavy (non-hydrogen) atoms. The molecule has 1 aliphatic rings. The first-order chi connectivity index (χ1) is 16.4. The number of aryl methyl sites for hydroxylation is 1. The zero-order valence-electron chi connectivity index (χ0n) is 18.3. The first-order valence-electron chi connectivity index (χ1n) is 10.4. The maximum absolute atomic E-state index is 12.9. The average Bonchev–Trinajstić information content (AvgIpc) is 3.30. The Bertz CT molecular complexity index is 1500. The molecular weight excluding hydrogens is 436 g/mol. The predicted molar refractivity (Wildman–Crippen MR) is 127 cm³/mol. The molecule has 0 radical (unpaired) electrons. The number of phenolic OH excluding ortho intramolecular Hbond substituents is 2. The predicted octanol–water partition coefficient (Wildman–Crippen LogP) is 5.05. The Morgan fingerprint density at radius 2 is 1.88 bits per heavy atom. The number of nitrogens with one attached hydrogen (secondary N) is 1. The highest BCUT2D eigenvalue weighted by molar-refractivity contribution is 6.17. The van der Waals surface area contributed by atoms with Crippen LogP contribution < -0.4 is 10.1 Å². The normalized spacial score (nSPS) is 13.7. The molecule has 0 saturated heterocycles. The second kappa shape index (κ2) is 8.00. The van der Waals surface area contributed by atoms with Crippen LogP contribution in [0.2, 0.25) is 0 Å². The fraction of sp³-hybridized carbons (Fsp3) is 0.0769. The quantitative estimate of drug-likeness (QED) is 0.372. The molecule has 4 aromatic rings. The molecule has 0 aliphatic carbocycles. The van der Waals surface area contributed by atoms with E-state index in [1.807, 2.05) is 48.1 Å². The molecule has 3 N–H and O–H groups in total. The minimum atomic E-state index is -0.548. The first-order valence-corrected chi connectivity index (χ1v) is 10.4. The summed E-state index contributed by atoms with van der Waals surface area (Å²) in [6.45, 7) is 0. The van der Waals surface area contributed by atoms with Gasteiger partial charge in [-0.3, -0.25) is 10.1 Å². The maximum atomic E-state index is 12.9. The third-order valence-corrected chi connectivity index (χ3v) is 5.70. The molecule has 0 fully saturated rings. The van der Waals surface area contributed by atoms with Crippen LogP contribution in [-0.2, 0) is 11.8 Å². The molecule has 2 heterocycles. The number of carbonyl (C=O) groups is 2. The summed E-state index contributed by atoms with van der Waals surface area (Å²) in [5.74, 6) is -0.815. The topological polar surface area (TPSA) is 110 Å². The molecule has 170 valence electrons. The number of aromatic nitrogens is 1. The molecule has 3 aromatic carbocycles. The maximum Gasteiger partial charge on any atom is 0.411 e. The van der Waals surface area contributed by atoms with Gasteiger partial charge in [0.1, 0.15) is 22.8 Å². The van der Waals surface area contributed by atoms with E-state index >= 15 is 0 Å². The van der Waals surface area contributed by atoms with Crippen molar-refractivity contribution in [2.75, 3.05) is 12.4 Å². The number of carbonyl (C=O) groups excluding carboxylic acids is 2. The van der Waals surface area contributed by atoms with Crippen molar-refractivity contribution in [1.82, 2.24) is 4.57 Å². The SMILES string of the molecule is COC(=O)Nc1ccc(-c2cccc3c2c(C=C2Oc4cc(O)cc(O)c4C2=O)cn3C)cc1. The number of benzene rings is 3. The van der Waals surface area contributed by atoms with Crippen LogP contribution >= 0.6 is 0 Å². The largest absolute Gasteiger partial charge is 0.508 e. The Kier molecular flexibility index (Phi) is 4.98. The van der Waals surface area contributed by atoms with Gasteiger partial charge >= 0.3 is 6.09 Å². The van der Waals surface area contributed by atoms with E-state index in [2.05, 4.69) is 10.1 Å². The van der Waals surface area contributed by atoms with Crippen molar-refractivity contribution in [1.29, 1.82) is 0 Å². The van der Waals surface area contributed by atoms with Crippen LogP contribution in [0.3, 0.4) is 0 Å². The summed E-state index contributed by atoms with van der Waals surface area (Å²) in [6.07, 6.45) is 2.98. The van der Waals surface area contributed by atoms with E-state index in [-0.39, 0.29) is 28.6 Å².